The number of hydrogen-bond acceptors (Lipinski definition) is 4. The molecule has 3 N–H and O–H groups in total. The summed E-state index contributed by atoms with van der Waals surface area (Å²) >= 11 is 0. The van der Waals surface area contributed by atoms with E-state index >= 15 is 0 Å². The Bertz CT molecular complexity index is 486. The summed E-state index contributed by atoms with van der Waals surface area (Å²) in [6.07, 6.45) is 1.62. The van der Waals surface area contributed by atoms with E-state index in [1.165, 1.54) is 0 Å². The number of nitrogens with zero attached hydrogens (tertiary/aromatic N) is 1. The van der Waals surface area contributed by atoms with Crippen LogP contribution < -0.4 is 16.0 Å². The highest BCUT2D eigenvalue weighted by Crippen LogP contribution is 2.12. The van der Waals surface area contributed by atoms with Crippen LogP contribution in [-0.2, 0) is 4.79 Å². The molecule has 1 rings (SSSR count). The number of hydrogen-bond donors (Lipinski definition) is 3. The van der Waals surface area contributed by atoms with Crippen LogP contribution >= 0.6 is 0 Å². The first kappa shape index (κ1) is 16.9. The summed E-state index contributed by atoms with van der Waals surface area (Å²) < 4.78 is 0. The van der Waals surface area contributed by atoms with E-state index in [0.29, 0.717) is 23.8 Å². The second kappa shape index (κ2) is 8.24. The van der Waals surface area contributed by atoms with Crippen LogP contribution in [0.2, 0.25) is 0 Å². The van der Waals surface area contributed by atoms with E-state index in [0.717, 1.165) is 0 Å². The normalized spacial score (nSPS) is 10.6. The smallest absolute Gasteiger partial charge is 0.255 e. The molecule has 0 aliphatic carbocycles. The monoisotopic (exact) mass is 292 g/mol. The van der Waals surface area contributed by atoms with Crippen molar-refractivity contribution in [1.29, 1.82) is 0 Å². The van der Waals surface area contributed by atoms with Crippen molar-refractivity contribution in [3.05, 3.63) is 23.9 Å². The number of anilines is 1. The predicted molar refractivity (Wildman–Crippen MR) is 83.2 cm³/mol. The minimum absolute atomic E-state index is 0.0401. The average molecular weight is 292 g/mol. The lowest BCUT2D eigenvalue weighted by molar-refractivity contribution is -0.120. The molecule has 0 aliphatic rings. The summed E-state index contributed by atoms with van der Waals surface area (Å²) in [7, 11) is 0. The zero-order chi connectivity index (χ0) is 15.8. The van der Waals surface area contributed by atoms with E-state index in [2.05, 4.69) is 20.9 Å². The van der Waals surface area contributed by atoms with Crippen molar-refractivity contribution in [2.45, 2.75) is 33.7 Å². The fourth-order valence-electron chi connectivity index (χ4n) is 1.61. The molecule has 0 fully saturated rings. The van der Waals surface area contributed by atoms with Gasteiger partial charge in [-0.15, -0.1) is 0 Å². The largest absolute Gasteiger partial charge is 0.367 e. The third-order valence-electron chi connectivity index (χ3n) is 2.59. The predicted octanol–water partition coefficient (Wildman–Crippen LogP) is 1.40. The SMILES string of the molecule is CC(C)CNC(=O)CNC(=O)c1cccnc1NC(C)C. The standard InChI is InChI=1S/C15H24N4O2/c1-10(2)8-17-13(20)9-18-15(21)12-6-5-7-16-14(12)19-11(3)4/h5-7,10-11H,8-9H2,1-4H3,(H,16,19)(H,17,20)(H,18,21). The molecule has 0 aromatic carbocycles. The summed E-state index contributed by atoms with van der Waals surface area (Å²) in [6, 6.07) is 3.54. The van der Waals surface area contributed by atoms with Crippen LogP contribution in [-0.4, -0.2) is 35.9 Å². The van der Waals surface area contributed by atoms with Gasteiger partial charge in [0, 0.05) is 18.8 Å². The van der Waals surface area contributed by atoms with Crippen molar-refractivity contribution in [2.75, 3.05) is 18.4 Å². The second-order valence-electron chi connectivity index (χ2n) is 5.58. The number of carbonyl (C=O) groups excluding carboxylic acids is 2. The van der Waals surface area contributed by atoms with Gasteiger partial charge >= 0.3 is 0 Å². The lowest BCUT2D eigenvalue weighted by Gasteiger charge is -2.13. The van der Waals surface area contributed by atoms with E-state index in [-0.39, 0.29) is 24.4 Å². The van der Waals surface area contributed by atoms with Gasteiger partial charge in [-0.05, 0) is 31.9 Å². The third kappa shape index (κ3) is 6.25. The molecule has 1 aromatic heterocycles. The van der Waals surface area contributed by atoms with Crippen LogP contribution in [0, 0.1) is 5.92 Å². The molecule has 0 radical (unpaired) electrons. The number of amides is 2. The highest BCUT2D eigenvalue weighted by Gasteiger charge is 2.13. The molecule has 0 spiro atoms. The molecule has 0 atom stereocenters. The molecular weight excluding hydrogens is 268 g/mol. The van der Waals surface area contributed by atoms with Gasteiger partial charge in [0.05, 0.1) is 12.1 Å². The number of carbonyl (C=O) groups is 2. The summed E-state index contributed by atoms with van der Waals surface area (Å²) in [5.41, 5.74) is 0.433. The number of aromatic nitrogens is 1. The quantitative estimate of drug-likeness (QED) is 0.709. The first-order valence-corrected chi connectivity index (χ1v) is 7.16. The Morgan fingerprint density at radius 3 is 2.52 bits per heavy atom. The molecule has 1 aromatic rings. The van der Waals surface area contributed by atoms with Crippen molar-refractivity contribution >= 4 is 17.6 Å². The molecule has 2 amide bonds. The van der Waals surface area contributed by atoms with Gasteiger partial charge in [0.1, 0.15) is 5.82 Å². The molecular formula is C15H24N4O2. The Labute approximate surface area is 125 Å². The van der Waals surface area contributed by atoms with Crippen LogP contribution in [0.3, 0.4) is 0 Å². The van der Waals surface area contributed by atoms with Gasteiger partial charge in [-0.3, -0.25) is 9.59 Å². The molecule has 6 nitrogen and oxygen atoms in total. The van der Waals surface area contributed by atoms with Crippen LogP contribution in [0.4, 0.5) is 5.82 Å². The molecule has 0 aliphatic heterocycles. The van der Waals surface area contributed by atoms with Gasteiger partial charge in [0.25, 0.3) is 5.91 Å². The highest BCUT2D eigenvalue weighted by molar-refractivity contribution is 6.00. The zero-order valence-corrected chi connectivity index (χ0v) is 13.1. The maximum absolute atomic E-state index is 12.1. The van der Waals surface area contributed by atoms with E-state index in [9.17, 15) is 9.59 Å². The number of nitrogens with one attached hydrogen (secondary N) is 3. The lowest BCUT2D eigenvalue weighted by Crippen LogP contribution is -2.38. The first-order valence-electron chi connectivity index (χ1n) is 7.16. The van der Waals surface area contributed by atoms with Crippen molar-refractivity contribution in [3.63, 3.8) is 0 Å². The van der Waals surface area contributed by atoms with Gasteiger partial charge < -0.3 is 16.0 Å². The Hall–Kier alpha value is -2.11. The van der Waals surface area contributed by atoms with Gasteiger partial charge in [-0.2, -0.15) is 0 Å². The van der Waals surface area contributed by atoms with Crippen LogP contribution in [0.1, 0.15) is 38.1 Å². The van der Waals surface area contributed by atoms with E-state index in [1.54, 1.807) is 18.3 Å². The Morgan fingerprint density at radius 1 is 1.19 bits per heavy atom. The van der Waals surface area contributed by atoms with Crippen molar-refractivity contribution in [3.8, 4) is 0 Å². The van der Waals surface area contributed by atoms with Crippen LogP contribution in [0.15, 0.2) is 18.3 Å². The molecule has 116 valence electrons. The maximum atomic E-state index is 12.1. The Morgan fingerprint density at radius 2 is 1.90 bits per heavy atom. The minimum Gasteiger partial charge on any atom is -0.367 e. The van der Waals surface area contributed by atoms with Gasteiger partial charge in [-0.25, -0.2) is 4.98 Å². The minimum atomic E-state index is -0.314. The fourth-order valence-corrected chi connectivity index (χ4v) is 1.61. The average Bonchev–Trinajstić information content (AvgIpc) is 2.42. The molecule has 0 saturated carbocycles. The number of rotatable bonds is 7. The topological polar surface area (TPSA) is 83.1 Å². The van der Waals surface area contributed by atoms with Crippen molar-refractivity contribution in [1.82, 2.24) is 15.6 Å². The lowest BCUT2D eigenvalue weighted by atomic mass is 10.2. The van der Waals surface area contributed by atoms with E-state index < -0.39 is 0 Å². The summed E-state index contributed by atoms with van der Waals surface area (Å²) in [5, 5.41) is 8.47. The molecule has 1 heterocycles. The summed E-state index contributed by atoms with van der Waals surface area (Å²) in [5.74, 6) is 0.391. The van der Waals surface area contributed by atoms with Crippen LogP contribution in [0.25, 0.3) is 0 Å². The second-order valence-corrected chi connectivity index (χ2v) is 5.58. The molecule has 0 bridgehead atoms. The van der Waals surface area contributed by atoms with Gasteiger partial charge in [0.2, 0.25) is 5.91 Å². The third-order valence-corrected chi connectivity index (χ3v) is 2.59. The van der Waals surface area contributed by atoms with E-state index in [4.69, 9.17) is 0 Å². The zero-order valence-electron chi connectivity index (χ0n) is 13.1. The van der Waals surface area contributed by atoms with E-state index in [1.807, 2.05) is 27.7 Å². The highest BCUT2D eigenvalue weighted by atomic mass is 16.2. The van der Waals surface area contributed by atoms with Crippen molar-refractivity contribution in [2.24, 2.45) is 5.92 Å². The Kier molecular flexibility index (Phi) is 6.65. The van der Waals surface area contributed by atoms with Gasteiger partial charge in [-0.1, -0.05) is 13.8 Å². The first-order chi connectivity index (χ1) is 9.90. The summed E-state index contributed by atoms with van der Waals surface area (Å²) in [6.45, 7) is 8.52. The van der Waals surface area contributed by atoms with Gasteiger partial charge in [0.15, 0.2) is 0 Å². The van der Waals surface area contributed by atoms with Crippen molar-refractivity contribution < 1.29 is 9.59 Å². The Balaban J connectivity index is 2.58. The van der Waals surface area contributed by atoms with Crippen LogP contribution in [0.5, 0.6) is 0 Å². The maximum Gasteiger partial charge on any atom is 0.255 e. The number of pyridine rings is 1. The molecule has 21 heavy (non-hydrogen) atoms. The fraction of sp³-hybridized carbons (Fsp3) is 0.533. The molecule has 6 heteroatoms. The summed E-state index contributed by atoms with van der Waals surface area (Å²) in [4.78, 5) is 27.9. The molecule has 0 saturated heterocycles. The molecule has 0 unspecified atom stereocenters.